The molecule has 0 bridgehead atoms. The maximum atomic E-state index is 8.00. The molecule has 0 heterocycles. The zero-order chi connectivity index (χ0) is 7.98. The lowest BCUT2D eigenvalue weighted by atomic mass is 10.2. The number of anilines is 1. The molecule has 0 aliphatic rings. The molecule has 0 aliphatic heterocycles. The molecule has 0 unspecified atom stereocenters. The average molecular weight is 137 g/mol. The van der Waals surface area contributed by atoms with Crippen molar-refractivity contribution in [2.45, 2.75) is 6.92 Å². The quantitative estimate of drug-likeness (QED) is 0.549. The van der Waals surface area contributed by atoms with E-state index in [4.69, 9.17) is 10.5 Å². The predicted octanol–water partition coefficient (Wildman–Crippen LogP) is 1.39. The minimum absolute atomic E-state index is 0.829. The van der Waals surface area contributed by atoms with Crippen molar-refractivity contribution in [3.05, 3.63) is 29.8 Å². The Hall–Kier alpha value is -1.31. The van der Waals surface area contributed by atoms with Crippen LogP contribution >= 0.6 is 0 Å². The fraction of sp³-hybridized carbons (Fsp3) is 0.125. The second-order valence-electron chi connectivity index (χ2n) is 1.91. The molecule has 10 heavy (non-hydrogen) atoms. The number of aryl methyl sites for hydroxylation is 1. The monoisotopic (exact) mass is 137 g/mol. The van der Waals surface area contributed by atoms with E-state index in [0.717, 1.165) is 5.69 Å². The molecule has 0 aromatic heterocycles. The van der Waals surface area contributed by atoms with Gasteiger partial charge in [0.15, 0.2) is 0 Å². The molecule has 54 valence electrons. The number of carbonyl (C=O) groups is 1. The Morgan fingerprint density at radius 3 is 1.90 bits per heavy atom. The van der Waals surface area contributed by atoms with E-state index in [1.165, 1.54) is 5.56 Å². The normalized spacial score (nSPS) is 7.70. The van der Waals surface area contributed by atoms with Crippen molar-refractivity contribution < 1.29 is 4.79 Å². The lowest BCUT2D eigenvalue weighted by Gasteiger charge is -1.90. The molecule has 2 N–H and O–H groups in total. The van der Waals surface area contributed by atoms with Gasteiger partial charge in [0.2, 0.25) is 0 Å². The zero-order valence-corrected chi connectivity index (χ0v) is 6.00. The highest BCUT2D eigenvalue weighted by Crippen LogP contribution is 2.02. The lowest BCUT2D eigenvalue weighted by molar-refractivity contribution is -0.0979. The van der Waals surface area contributed by atoms with Crippen molar-refractivity contribution in [3.8, 4) is 0 Å². The topological polar surface area (TPSA) is 43.1 Å². The van der Waals surface area contributed by atoms with Gasteiger partial charge in [-0.1, -0.05) is 17.7 Å². The van der Waals surface area contributed by atoms with Gasteiger partial charge in [0, 0.05) is 5.69 Å². The van der Waals surface area contributed by atoms with Gasteiger partial charge < -0.3 is 10.5 Å². The van der Waals surface area contributed by atoms with E-state index in [1.54, 1.807) is 0 Å². The molecule has 2 heteroatoms. The Morgan fingerprint density at radius 2 is 1.60 bits per heavy atom. The van der Waals surface area contributed by atoms with Gasteiger partial charge in [-0.05, 0) is 19.1 Å². The highest BCUT2D eigenvalue weighted by Gasteiger charge is 1.80. The first-order chi connectivity index (χ1) is 4.79. The highest BCUT2D eigenvalue weighted by atomic mass is 16.1. The van der Waals surface area contributed by atoms with Crippen molar-refractivity contribution in [1.82, 2.24) is 0 Å². The predicted molar refractivity (Wildman–Crippen MR) is 42.7 cm³/mol. The second kappa shape index (κ2) is 4.56. The van der Waals surface area contributed by atoms with E-state index < -0.39 is 0 Å². The summed E-state index contributed by atoms with van der Waals surface area (Å²) in [5.74, 6) is 0. The largest absolute Gasteiger partial charge is 0.399 e. The van der Waals surface area contributed by atoms with Crippen LogP contribution < -0.4 is 5.73 Å². The fourth-order valence-corrected chi connectivity index (χ4v) is 0.566. The second-order valence-corrected chi connectivity index (χ2v) is 1.91. The van der Waals surface area contributed by atoms with Gasteiger partial charge in [-0.15, -0.1) is 0 Å². The van der Waals surface area contributed by atoms with Crippen molar-refractivity contribution in [3.63, 3.8) is 0 Å². The van der Waals surface area contributed by atoms with Crippen LogP contribution in [0, 0.1) is 6.92 Å². The number of benzene rings is 1. The molecule has 0 spiro atoms. The molecule has 0 atom stereocenters. The van der Waals surface area contributed by atoms with Gasteiger partial charge in [-0.25, -0.2) is 0 Å². The van der Waals surface area contributed by atoms with E-state index in [1.807, 2.05) is 38.0 Å². The molecule has 1 aromatic carbocycles. The molecule has 0 saturated carbocycles. The molecule has 0 fully saturated rings. The first kappa shape index (κ1) is 8.69. The van der Waals surface area contributed by atoms with Crippen molar-refractivity contribution in [1.29, 1.82) is 0 Å². The first-order valence-electron chi connectivity index (χ1n) is 2.90. The summed E-state index contributed by atoms with van der Waals surface area (Å²) in [6.45, 7) is 4.04. The molecule has 1 aromatic rings. The minimum atomic E-state index is 0.829. The summed E-state index contributed by atoms with van der Waals surface area (Å²) in [4.78, 5) is 8.00. The van der Waals surface area contributed by atoms with E-state index in [-0.39, 0.29) is 0 Å². The van der Waals surface area contributed by atoms with Gasteiger partial charge in [0.05, 0.1) is 0 Å². The summed E-state index contributed by atoms with van der Waals surface area (Å²) in [5.41, 5.74) is 7.51. The van der Waals surface area contributed by atoms with Crippen LogP contribution in [0.4, 0.5) is 5.69 Å². The lowest BCUT2D eigenvalue weighted by Crippen LogP contribution is -1.81. The third-order valence-electron chi connectivity index (χ3n) is 1.08. The third-order valence-corrected chi connectivity index (χ3v) is 1.08. The summed E-state index contributed by atoms with van der Waals surface area (Å²) in [6, 6.07) is 7.79. The maximum absolute atomic E-state index is 8.00. The molecular formula is C8H11NO. The molecule has 0 saturated heterocycles. The summed E-state index contributed by atoms with van der Waals surface area (Å²) in [6.07, 6.45) is 0. The molecular weight excluding hydrogens is 126 g/mol. The Morgan fingerprint density at radius 1 is 1.20 bits per heavy atom. The van der Waals surface area contributed by atoms with Crippen LogP contribution in [0.15, 0.2) is 24.3 Å². The van der Waals surface area contributed by atoms with Gasteiger partial charge in [0.1, 0.15) is 6.79 Å². The van der Waals surface area contributed by atoms with Gasteiger partial charge in [-0.3, -0.25) is 0 Å². The van der Waals surface area contributed by atoms with Gasteiger partial charge in [0.25, 0.3) is 0 Å². The number of rotatable bonds is 0. The summed E-state index contributed by atoms with van der Waals surface area (Å²) < 4.78 is 0. The Balaban J connectivity index is 0.000000371. The smallest absolute Gasteiger partial charge is 0.106 e. The van der Waals surface area contributed by atoms with Crippen molar-refractivity contribution >= 4 is 12.5 Å². The fourth-order valence-electron chi connectivity index (χ4n) is 0.566. The van der Waals surface area contributed by atoms with Crippen molar-refractivity contribution in [2.24, 2.45) is 0 Å². The zero-order valence-electron chi connectivity index (χ0n) is 6.00. The van der Waals surface area contributed by atoms with Crippen LogP contribution in [-0.4, -0.2) is 6.79 Å². The number of nitrogen functional groups attached to an aromatic ring is 1. The molecule has 1 rings (SSSR count). The number of hydrogen-bond acceptors (Lipinski definition) is 2. The van der Waals surface area contributed by atoms with Crippen LogP contribution in [0.1, 0.15) is 5.56 Å². The molecule has 2 nitrogen and oxygen atoms in total. The standard InChI is InChI=1S/C7H9N.CH2O/c1-6-2-4-7(8)5-3-6;1-2/h2-5H,8H2,1H3;1H2. The minimum Gasteiger partial charge on any atom is -0.399 e. The van der Waals surface area contributed by atoms with Crippen LogP contribution in [0.25, 0.3) is 0 Å². The van der Waals surface area contributed by atoms with Crippen LogP contribution in [0.5, 0.6) is 0 Å². The van der Waals surface area contributed by atoms with E-state index in [9.17, 15) is 0 Å². The molecule has 0 radical (unpaired) electrons. The summed E-state index contributed by atoms with van der Waals surface area (Å²) in [7, 11) is 0. The number of nitrogens with two attached hydrogens (primary N) is 1. The maximum Gasteiger partial charge on any atom is 0.106 e. The average Bonchev–Trinajstić information content (AvgIpc) is 2.00. The Kier molecular flexibility index (Phi) is 3.96. The van der Waals surface area contributed by atoms with E-state index in [0.29, 0.717) is 0 Å². The third kappa shape index (κ3) is 2.87. The van der Waals surface area contributed by atoms with Crippen LogP contribution in [-0.2, 0) is 4.79 Å². The van der Waals surface area contributed by atoms with Crippen LogP contribution in [0.2, 0.25) is 0 Å². The van der Waals surface area contributed by atoms with Gasteiger partial charge >= 0.3 is 0 Å². The van der Waals surface area contributed by atoms with E-state index >= 15 is 0 Å². The van der Waals surface area contributed by atoms with E-state index in [2.05, 4.69) is 0 Å². The highest BCUT2D eigenvalue weighted by molar-refractivity contribution is 5.38. The number of hydrogen-bond donors (Lipinski definition) is 1. The Labute approximate surface area is 60.7 Å². The summed E-state index contributed by atoms with van der Waals surface area (Å²) >= 11 is 0. The summed E-state index contributed by atoms with van der Waals surface area (Å²) in [5, 5.41) is 0. The SMILES string of the molecule is C=O.Cc1ccc(N)cc1. The number of carbonyl (C=O) groups excluding carboxylic acids is 1. The van der Waals surface area contributed by atoms with Crippen molar-refractivity contribution in [2.75, 3.05) is 5.73 Å². The molecule has 0 amide bonds. The van der Waals surface area contributed by atoms with Crippen LogP contribution in [0.3, 0.4) is 0 Å². The van der Waals surface area contributed by atoms with Gasteiger partial charge in [-0.2, -0.15) is 0 Å². The molecule has 0 aliphatic carbocycles. The first-order valence-corrected chi connectivity index (χ1v) is 2.90. The Bertz CT molecular complexity index is 160.